The lowest BCUT2D eigenvalue weighted by atomic mass is 10.1. The second-order valence-electron chi connectivity index (χ2n) is 3.74. The number of anilines is 1. The number of H-pyrrole nitrogens is 1. The maximum Gasteiger partial charge on any atom is 0.256 e. The molecule has 1 heterocycles. The first kappa shape index (κ1) is 10.4. The molecule has 1 aromatic carbocycles. The Morgan fingerprint density at radius 1 is 1.25 bits per heavy atom. The molecule has 82 valence electrons. The predicted octanol–water partition coefficient (Wildman–Crippen LogP) is 1.64. The summed E-state index contributed by atoms with van der Waals surface area (Å²) in [6.45, 7) is 3.62. The van der Waals surface area contributed by atoms with Gasteiger partial charge in [-0.15, -0.1) is 0 Å². The summed E-state index contributed by atoms with van der Waals surface area (Å²) in [4.78, 5) is 18.5. The summed E-state index contributed by atoms with van der Waals surface area (Å²) in [5, 5.41) is 0. The molecule has 0 aliphatic carbocycles. The normalized spacial score (nSPS) is 10.4. The van der Waals surface area contributed by atoms with Crippen LogP contribution in [0.2, 0.25) is 0 Å². The largest absolute Gasteiger partial charge is 0.383 e. The molecule has 16 heavy (non-hydrogen) atoms. The van der Waals surface area contributed by atoms with Crippen LogP contribution in [0.25, 0.3) is 11.4 Å². The number of nitrogens with zero attached hydrogens (tertiary/aromatic N) is 1. The van der Waals surface area contributed by atoms with Gasteiger partial charge in [0.2, 0.25) is 0 Å². The van der Waals surface area contributed by atoms with Crippen molar-refractivity contribution in [3.63, 3.8) is 0 Å². The summed E-state index contributed by atoms with van der Waals surface area (Å²) in [5.74, 6) is 0.799. The van der Waals surface area contributed by atoms with E-state index in [0.717, 1.165) is 11.1 Å². The van der Waals surface area contributed by atoms with Gasteiger partial charge in [0.05, 0.1) is 5.56 Å². The minimum Gasteiger partial charge on any atom is -0.383 e. The molecular weight excluding hydrogens is 202 g/mol. The van der Waals surface area contributed by atoms with Gasteiger partial charge in [-0.2, -0.15) is 0 Å². The molecule has 0 amide bonds. The topological polar surface area (TPSA) is 71.8 Å². The van der Waals surface area contributed by atoms with Gasteiger partial charge < -0.3 is 10.7 Å². The minimum absolute atomic E-state index is 0.189. The van der Waals surface area contributed by atoms with Crippen LogP contribution >= 0.6 is 0 Å². The van der Waals surface area contributed by atoms with E-state index in [9.17, 15) is 4.79 Å². The zero-order chi connectivity index (χ0) is 11.7. The van der Waals surface area contributed by atoms with Gasteiger partial charge >= 0.3 is 0 Å². The van der Waals surface area contributed by atoms with Crippen LogP contribution in [-0.4, -0.2) is 9.97 Å². The van der Waals surface area contributed by atoms with Gasteiger partial charge in [-0.05, 0) is 19.4 Å². The van der Waals surface area contributed by atoms with Crippen LogP contribution in [0.3, 0.4) is 0 Å². The lowest BCUT2D eigenvalue weighted by molar-refractivity contribution is 1.09. The van der Waals surface area contributed by atoms with Gasteiger partial charge in [0.1, 0.15) is 11.6 Å². The Kier molecular flexibility index (Phi) is 2.48. The van der Waals surface area contributed by atoms with Crippen LogP contribution in [0, 0.1) is 13.8 Å². The number of hydrogen-bond acceptors (Lipinski definition) is 3. The lowest BCUT2D eigenvalue weighted by Gasteiger charge is -2.06. The molecule has 0 unspecified atom stereocenters. The first-order valence-electron chi connectivity index (χ1n) is 5.02. The second kappa shape index (κ2) is 3.81. The fourth-order valence-electron chi connectivity index (χ4n) is 1.52. The van der Waals surface area contributed by atoms with Crippen LogP contribution in [0.15, 0.2) is 29.1 Å². The summed E-state index contributed by atoms with van der Waals surface area (Å²) in [6, 6.07) is 7.71. The van der Waals surface area contributed by atoms with Crippen molar-refractivity contribution in [2.24, 2.45) is 0 Å². The van der Waals surface area contributed by atoms with Gasteiger partial charge in [-0.25, -0.2) is 4.98 Å². The summed E-state index contributed by atoms with van der Waals surface area (Å²) in [6.07, 6.45) is 0. The van der Waals surface area contributed by atoms with E-state index in [0.29, 0.717) is 11.4 Å². The zero-order valence-corrected chi connectivity index (χ0v) is 9.24. The number of benzene rings is 1. The minimum atomic E-state index is -0.189. The van der Waals surface area contributed by atoms with Crippen molar-refractivity contribution < 1.29 is 0 Å². The van der Waals surface area contributed by atoms with Crippen LogP contribution in [0.1, 0.15) is 11.1 Å². The smallest absolute Gasteiger partial charge is 0.256 e. The molecule has 3 N–H and O–H groups in total. The predicted molar refractivity (Wildman–Crippen MR) is 64.2 cm³/mol. The third-order valence-electron chi connectivity index (χ3n) is 2.59. The average Bonchev–Trinajstić information content (AvgIpc) is 2.26. The number of aromatic amines is 1. The van der Waals surface area contributed by atoms with E-state index in [2.05, 4.69) is 9.97 Å². The van der Waals surface area contributed by atoms with E-state index in [1.54, 1.807) is 6.92 Å². The molecule has 0 aliphatic rings. The number of nitrogens with one attached hydrogen (secondary N) is 1. The number of rotatable bonds is 1. The van der Waals surface area contributed by atoms with E-state index in [1.165, 1.54) is 0 Å². The third kappa shape index (κ3) is 1.69. The lowest BCUT2D eigenvalue weighted by Crippen LogP contribution is -2.15. The van der Waals surface area contributed by atoms with Crippen molar-refractivity contribution in [3.05, 3.63) is 45.7 Å². The summed E-state index contributed by atoms with van der Waals surface area (Å²) < 4.78 is 0. The van der Waals surface area contributed by atoms with Gasteiger partial charge in [0.15, 0.2) is 0 Å². The fourth-order valence-corrected chi connectivity index (χ4v) is 1.52. The Balaban J connectivity index is 2.67. The van der Waals surface area contributed by atoms with Crippen molar-refractivity contribution in [2.45, 2.75) is 13.8 Å². The van der Waals surface area contributed by atoms with Crippen LogP contribution < -0.4 is 11.3 Å². The number of aromatic nitrogens is 2. The molecule has 0 atom stereocenters. The highest BCUT2D eigenvalue weighted by Gasteiger charge is 2.07. The molecule has 2 rings (SSSR count). The van der Waals surface area contributed by atoms with E-state index < -0.39 is 0 Å². The van der Waals surface area contributed by atoms with Crippen LogP contribution in [0.5, 0.6) is 0 Å². The number of nitrogens with two attached hydrogens (primary N) is 1. The number of hydrogen-bond donors (Lipinski definition) is 2. The number of nitrogen functional groups attached to an aromatic ring is 1. The molecule has 0 fully saturated rings. The van der Waals surface area contributed by atoms with E-state index in [1.807, 2.05) is 31.2 Å². The highest BCUT2D eigenvalue weighted by Crippen LogP contribution is 2.19. The maximum atomic E-state index is 11.6. The molecular formula is C12H13N3O. The zero-order valence-electron chi connectivity index (χ0n) is 9.24. The summed E-state index contributed by atoms with van der Waals surface area (Å²) >= 11 is 0. The molecule has 0 radical (unpaired) electrons. The van der Waals surface area contributed by atoms with Gasteiger partial charge in [-0.3, -0.25) is 4.79 Å². The average molecular weight is 215 g/mol. The molecule has 1 aromatic heterocycles. The highest BCUT2D eigenvalue weighted by molar-refractivity contribution is 5.61. The van der Waals surface area contributed by atoms with Crippen LogP contribution in [0.4, 0.5) is 5.82 Å². The summed E-state index contributed by atoms with van der Waals surface area (Å²) in [7, 11) is 0. The van der Waals surface area contributed by atoms with Gasteiger partial charge in [0.25, 0.3) is 5.56 Å². The first-order valence-corrected chi connectivity index (χ1v) is 5.02. The molecule has 2 aromatic rings. The van der Waals surface area contributed by atoms with E-state index in [4.69, 9.17) is 5.73 Å². The van der Waals surface area contributed by atoms with Crippen molar-refractivity contribution in [1.29, 1.82) is 0 Å². The van der Waals surface area contributed by atoms with E-state index in [-0.39, 0.29) is 11.4 Å². The maximum absolute atomic E-state index is 11.6. The molecule has 4 nitrogen and oxygen atoms in total. The van der Waals surface area contributed by atoms with Crippen molar-refractivity contribution in [2.75, 3.05) is 5.73 Å². The molecule has 0 spiro atoms. The quantitative estimate of drug-likeness (QED) is 0.759. The SMILES string of the molecule is Cc1ccccc1-c1nc(N)c(C)c(=O)[nH]1. The van der Waals surface area contributed by atoms with Crippen molar-refractivity contribution in [1.82, 2.24) is 9.97 Å². The van der Waals surface area contributed by atoms with Crippen molar-refractivity contribution >= 4 is 5.82 Å². The highest BCUT2D eigenvalue weighted by atomic mass is 16.1. The summed E-state index contributed by atoms with van der Waals surface area (Å²) in [5.41, 5.74) is 7.89. The fraction of sp³-hybridized carbons (Fsp3) is 0.167. The molecule has 0 saturated carbocycles. The van der Waals surface area contributed by atoms with Crippen molar-refractivity contribution in [3.8, 4) is 11.4 Å². The van der Waals surface area contributed by atoms with Gasteiger partial charge in [0, 0.05) is 5.56 Å². The van der Waals surface area contributed by atoms with Crippen LogP contribution in [-0.2, 0) is 0 Å². The van der Waals surface area contributed by atoms with Gasteiger partial charge in [-0.1, -0.05) is 24.3 Å². The standard InChI is InChI=1S/C12H13N3O/c1-7-5-3-4-6-9(7)11-14-10(13)8(2)12(16)15-11/h3-6H,1-2H3,(H3,13,14,15,16). The molecule has 0 bridgehead atoms. The molecule has 4 heteroatoms. The Hall–Kier alpha value is -2.10. The Morgan fingerprint density at radius 3 is 2.56 bits per heavy atom. The Morgan fingerprint density at radius 2 is 1.94 bits per heavy atom. The Bertz CT molecular complexity index is 587. The Labute approximate surface area is 93.2 Å². The third-order valence-corrected chi connectivity index (χ3v) is 2.59. The molecule has 0 saturated heterocycles. The van der Waals surface area contributed by atoms with E-state index >= 15 is 0 Å². The second-order valence-corrected chi connectivity index (χ2v) is 3.74. The first-order chi connectivity index (χ1) is 7.59. The monoisotopic (exact) mass is 215 g/mol. The number of aryl methyl sites for hydroxylation is 1. The molecule has 0 aliphatic heterocycles.